The van der Waals surface area contributed by atoms with E-state index in [1.165, 1.54) is 22.3 Å². The standard InChI is InChI=1S/C18H22ClN/c1-13-7-14(2)9-15(8-13)10-17(12-20-3)16-5-4-6-18(19)11-16/h4-9,11,17,20H,10,12H2,1-3H3. The van der Waals surface area contributed by atoms with E-state index in [1.54, 1.807) is 0 Å². The molecule has 106 valence electrons. The Morgan fingerprint density at radius 3 is 2.35 bits per heavy atom. The van der Waals surface area contributed by atoms with Crippen molar-refractivity contribution in [2.24, 2.45) is 0 Å². The molecule has 0 aliphatic carbocycles. The molecule has 0 radical (unpaired) electrons. The SMILES string of the molecule is CNCC(Cc1cc(C)cc(C)c1)c1cccc(Cl)c1. The van der Waals surface area contributed by atoms with Gasteiger partial charge in [-0.05, 0) is 50.6 Å². The minimum absolute atomic E-state index is 0.444. The van der Waals surface area contributed by atoms with E-state index in [1.807, 2.05) is 19.2 Å². The first-order valence-corrected chi connectivity index (χ1v) is 7.43. The van der Waals surface area contributed by atoms with E-state index in [0.29, 0.717) is 5.92 Å². The van der Waals surface area contributed by atoms with Gasteiger partial charge in [-0.2, -0.15) is 0 Å². The van der Waals surface area contributed by atoms with E-state index in [9.17, 15) is 0 Å². The zero-order valence-corrected chi connectivity index (χ0v) is 13.2. The van der Waals surface area contributed by atoms with Gasteiger partial charge in [0.2, 0.25) is 0 Å². The predicted molar refractivity (Wildman–Crippen MR) is 87.7 cm³/mol. The minimum Gasteiger partial charge on any atom is -0.319 e. The first kappa shape index (κ1) is 15.1. The van der Waals surface area contributed by atoms with Crippen molar-refractivity contribution in [3.63, 3.8) is 0 Å². The molecule has 0 aliphatic heterocycles. The van der Waals surface area contributed by atoms with Crippen LogP contribution in [0.1, 0.15) is 28.2 Å². The van der Waals surface area contributed by atoms with Crippen molar-refractivity contribution >= 4 is 11.6 Å². The van der Waals surface area contributed by atoms with Crippen LogP contribution in [0.15, 0.2) is 42.5 Å². The van der Waals surface area contributed by atoms with Crippen LogP contribution >= 0.6 is 11.6 Å². The van der Waals surface area contributed by atoms with Crippen LogP contribution in [0.5, 0.6) is 0 Å². The van der Waals surface area contributed by atoms with Gasteiger partial charge in [-0.15, -0.1) is 0 Å². The van der Waals surface area contributed by atoms with E-state index in [2.05, 4.69) is 49.5 Å². The van der Waals surface area contributed by atoms with E-state index >= 15 is 0 Å². The molecule has 0 spiro atoms. The summed E-state index contributed by atoms with van der Waals surface area (Å²) in [5.41, 5.74) is 5.34. The highest BCUT2D eigenvalue weighted by Gasteiger charge is 2.12. The second-order valence-electron chi connectivity index (χ2n) is 5.51. The summed E-state index contributed by atoms with van der Waals surface area (Å²) in [6.07, 6.45) is 1.03. The third-order valence-electron chi connectivity index (χ3n) is 3.53. The van der Waals surface area contributed by atoms with Gasteiger partial charge in [0, 0.05) is 17.5 Å². The number of likely N-dealkylation sites (N-methyl/N-ethyl adjacent to an activating group) is 1. The lowest BCUT2D eigenvalue weighted by molar-refractivity contribution is 0.625. The molecule has 0 fully saturated rings. The fourth-order valence-corrected chi connectivity index (χ4v) is 2.98. The zero-order valence-electron chi connectivity index (χ0n) is 12.4. The Bertz CT molecular complexity index is 557. The summed E-state index contributed by atoms with van der Waals surface area (Å²) >= 11 is 6.12. The smallest absolute Gasteiger partial charge is 0.0408 e. The second kappa shape index (κ2) is 6.92. The van der Waals surface area contributed by atoms with Crippen molar-refractivity contribution in [2.45, 2.75) is 26.2 Å². The van der Waals surface area contributed by atoms with Crippen LogP contribution in [0, 0.1) is 13.8 Å². The second-order valence-corrected chi connectivity index (χ2v) is 5.95. The maximum Gasteiger partial charge on any atom is 0.0408 e. The third kappa shape index (κ3) is 4.09. The van der Waals surface area contributed by atoms with Gasteiger partial charge < -0.3 is 5.32 Å². The summed E-state index contributed by atoms with van der Waals surface area (Å²) in [5.74, 6) is 0.444. The monoisotopic (exact) mass is 287 g/mol. The van der Waals surface area contributed by atoms with Gasteiger partial charge in [0.25, 0.3) is 0 Å². The highest BCUT2D eigenvalue weighted by atomic mass is 35.5. The van der Waals surface area contributed by atoms with Crippen molar-refractivity contribution in [3.05, 3.63) is 69.7 Å². The molecule has 0 saturated heterocycles. The van der Waals surface area contributed by atoms with E-state index < -0.39 is 0 Å². The molecule has 0 aromatic heterocycles. The largest absolute Gasteiger partial charge is 0.319 e. The quantitative estimate of drug-likeness (QED) is 0.853. The first-order valence-electron chi connectivity index (χ1n) is 7.05. The first-order chi connectivity index (χ1) is 9.58. The number of rotatable bonds is 5. The van der Waals surface area contributed by atoms with Crippen LogP contribution in [0.3, 0.4) is 0 Å². The molecule has 20 heavy (non-hydrogen) atoms. The van der Waals surface area contributed by atoms with Crippen LogP contribution in [0.2, 0.25) is 5.02 Å². The van der Waals surface area contributed by atoms with Crippen molar-refractivity contribution < 1.29 is 0 Å². The maximum absolute atomic E-state index is 6.12. The molecular weight excluding hydrogens is 266 g/mol. The Hall–Kier alpha value is -1.31. The summed E-state index contributed by atoms with van der Waals surface area (Å²) in [6.45, 7) is 5.26. The van der Waals surface area contributed by atoms with Crippen LogP contribution in [-0.4, -0.2) is 13.6 Å². The molecule has 0 amide bonds. The van der Waals surface area contributed by atoms with Crippen LogP contribution < -0.4 is 5.32 Å². The fraction of sp³-hybridized carbons (Fsp3) is 0.333. The van der Waals surface area contributed by atoms with Crippen LogP contribution in [0.4, 0.5) is 0 Å². The normalized spacial score (nSPS) is 12.4. The highest BCUT2D eigenvalue weighted by molar-refractivity contribution is 6.30. The number of hydrogen-bond donors (Lipinski definition) is 1. The predicted octanol–water partition coefficient (Wildman–Crippen LogP) is 4.50. The van der Waals surface area contributed by atoms with E-state index in [4.69, 9.17) is 11.6 Å². The summed E-state index contributed by atoms with van der Waals surface area (Å²) in [5, 5.41) is 4.10. The molecule has 0 saturated carbocycles. The molecular formula is C18H22ClN. The topological polar surface area (TPSA) is 12.0 Å². The van der Waals surface area contributed by atoms with Crippen LogP contribution in [-0.2, 0) is 6.42 Å². The molecule has 2 rings (SSSR count). The molecule has 0 bridgehead atoms. The molecule has 0 heterocycles. The molecule has 2 heteroatoms. The lowest BCUT2D eigenvalue weighted by Crippen LogP contribution is -2.19. The summed E-state index contributed by atoms with van der Waals surface area (Å²) < 4.78 is 0. The van der Waals surface area contributed by atoms with Crippen molar-refractivity contribution in [2.75, 3.05) is 13.6 Å². The molecule has 1 unspecified atom stereocenters. The Morgan fingerprint density at radius 1 is 1.05 bits per heavy atom. The average Bonchev–Trinajstić information content (AvgIpc) is 2.37. The van der Waals surface area contributed by atoms with Crippen molar-refractivity contribution in [3.8, 4) is 0 Å². The summed E-state index contributed by atoms with van der Waals surface area (Å²) in [4.78, 5) is 0. The molecule has 0 aliphatic rings. The fourth-order valence-electron chi connectivity index (χ4n) is 2.79. The summed E-state index contributed by atoms with van der Waals surface area (Å²) in [7, 11) is 2.00. The molecule has 2 aromatic rings. The molecule has 2 aromatic carbocycles. The van der Waals surface area contributed by atoms with Gasteiger partial charge in [-0.3, -0.25) is 0 Å². The zero-order chi connectivity index (χ0) is 14.5. The Morgan fingerprint density at radius 2 is 1.75 bits per heavy atom. The number of aryl methyl sites for hydroxylation is 2. The minimum atomic E-state index is 0.444. The summed E-state index contributed by atoms with van der Waals surface area (Å²) in [6, 6.07) is 15.0. The third-order valence-corrected chi connectivity index (χ3v) is 3.77. The van der Waals surface area contributed by atoms with E-state index in [0.717, 1.165) is 18.0 Å². The van der Waals surface area contributed by atoms with Crippen LogP contribution in [0.25, 0.3) is 0 Å². The number of benzene rings is 2. The van der Waals surface area contributed by atoms with Gasteiger partial charge in [0.1, 0.15) is 0 Å². The Kier molecular flexibility index (Phi) is 5.22. The Labute approximate surface area is 127 Å². The van der Waals surface area contributed by atoms with Gasteiger partial charge in [0.05, 0.1) is 0 Å². The van der Waals surface area contributed by atoms with Gasteiger partial charge >= 0.3 is 0 Å². The maximum atomic E-state index is 6.12. The highest BCUT2D eigenvalue weighted by Crippen LogP contribution is 2.24. The van der Waals surface area contributed by atoms with Gasteiger partial charge in [0.15, 0.2) is 0 Å². The number of nitrogens with one attached hydrogen (secondary N) is 1. The lowest BCUT2D eigenvalue weighted by Gasteiger charge is -2.18. The number of hydrogen-bond acceptors (Lipinski definition) is 1. The average molecular weight is 288 g/mol. The van der Waals surface area contributed by atoms with Gasteiger partial charge in [-0.25, -0.2) is 0 Å². The molecule has 1 nitrogen and oxygen atoms in total. The molecule has 1 atom stereocenters. The Balaban J connectivity index is 2.25. The van der Waals surface area contributed by atoms with Crippen molar-refractivity contribution in [1.82, 2.24) is 5.32 Å². The number of halogens is 1. The van der Waals surface area contributed by atoms with Gasteiger partial charge in [-0.1, -0.05) is 53.1 Å². The lowest BCUT2D eigenvalue weighted by atomic mass is 9.90. The van der Waals surface area contributed by atoms with E-state index in [-0.39, 0.29) is 0 Å². The molecule has 1 N–H and O–H groups in total. The van der Waals surface area contributed by atoms with Crippen molar-refractivity contribution in [1.29, 1.82) is 0 Å².